The van der Waals surface area contributed by atoms with Crippen LogP contribution in [-0.2, 0) is 18.4 Å². The van der Waals surface area contributed by atoms with Crippen LogP contribution >= 0.6 is 0 Å². The van der Waals surface area contributed by atoms with E-state index < -0.39 is 34.8 Å². The van der Waals surface area contributed by atoms with Crippen LogP contribution in [0, 0.1) is 5.82 Å². The van der Waals surface area contributed by atoms with E-state index in [4.69, 9.17) is 0 Å². The topological polar surface area (TPSA) is 108 Å². The van der Waals surface area contributed by atoms with Crippen molar-refractivity contribution in [2.75, 3.05) is 27.2 Å². The minimum atomic E-state index is -0.760. The lowest BCUT2D eigenvalue weighted by atomic mass is 10.2. The molecular weight excluding hydrogens is 405 g/mol. The summed E-state index contributed by atoms with van der Waals surface area (Å²) in [5.74, 6) is -1.73. The third-order valence-corrected chi connectivity index (χ3v) is 5.21. The number of hydrogen-bond acceptors (Lipinski definition) is 6. The van der Waals surface area contributed by atoms with Crippen LogP contribution in [0.2, 0.25) is 0 Å². The molecule has 1 atom stereocenters. The molecule has 1 aliphatic heterocycles. The number of benzene rings is 1. The minimum absolute atomic E-state index is 0.0711. The first-order valence-corrected chi connectivity index (χ1v) is 9.95. The van der Waals surface area contributed by atoms with Gasteiger partial charge in [0.25, 0.3) is 11.5 Å². The fourth-order valence-electron chi connectivity index (χ4n) is 3.63. The van der Waals surface area contributed by atoms with Gasteiger partial charge >= 0.3 is 0 Å². The van der Waals surface area contributed by atoms with Gasteiger partial charge in [-0.2, -0.15) is 0 Å². The summed E-state index contributed by atoms with van der Waals surface area (Å²) in [6.07, 6.45) is 1.34. The van der Waals surface area contributed by atoms with Gasteiger partial charge in [-0.1, -0.05) is 12.1 Å². The molecule has 0 spiro atoms. The zero-order valence-corrected chi connectivity index (χ0v) is 17.8. The Morgan fingerprint density at radius 1 is 1.29 bits per heavy atom. The van der Waals surface area contributed by atoms with E-state index in [9.17, 15) is 23.9 Å². The molecule has 2 aromatic rings. The molecule has 1 unspecified atom stereocenters. The Morgan fingerprint density at radius 3 is 2.61 bits per heavy atom. The molecule has 2 N–H and O–H groups in total. The fourth-order valence-corrected chi connectivity index (χ4v) is 3.63. The lowest BCUT2D eigenvalue weighted by Gasteiger charge is -2.27. The first-order valence-electron chi connectivity index (χ1n) is 9.95. The van der Waals surface area contributed by atoms with Crippen LogP contribution in [-0.4, -0.2) is 63.5 Å². The maximum atomic E-state index is 13.0. The molecule has 0 bridgehead atoms. The summed E-state index contributed by atoms with van der Waals surface area (Å²) < 4.78 is 14.2. The van der Waals surface area contributed by atoms with Crippen molar-refractivity contribution in [1.82, 2.24) is 24.7 Å². The first kappa shape index (κ1) is 22.4. The smallest absolute Gasteiger partial charge is 0.296 e. The highest BCUT2D eigenvalue weighted by molar-refractivity contribution is 5.94. The molecule has 0 radical (unpaired) electrons. The van der Waals surface area contributed by atoms with Gasteiger partial charge in [-0.05, 0) is 44.6 Å². The van der Waals surface area contributed by atoms with E-state index >= 15 is 0 Å². The molecule has 9 nitrogen and oxygen atoms in total. The molecule has 1 aliphatic rings. The summed E-state index contributed by atoms with van der Waals surface area (Å²) >= 11 is 0. The lowest BCUT2D eigenvalue weighted by molar-refractivity contribution is -0.132. The van der Waals surface area contributed by atoms with Gasteiger partial charge in [0.15, 0.2) is 5.69 Å². The van der Waals surface area contributed by atoms with Crippen LogP contribution < -0.4 is 10.9 Å². The molecule has 1 aromatic heterocycles. The highest BCUT2D eigenvalue weighted by atomic mass is 19.1. The van der Waals surface area contributed by atoms with E-state index in [1.165, 1.54) is 35.9 Å². The molecule has 1 saturated heterocycles. The molecule has 0 aliphatic carbocycles. The number of carbonyl (C=O) groups is 2. The van der Waals surface area contributed by atoms with Crippen molar-refractivity contribution in [3.63, 3.8) is 0 Å². The summed E-state index contributed by atoms with van der Waals surface area (Å²) in [6.45, 7) is 0.815. The number of amides is 2. The van der Waals surface area contributed by atoms with Gasteiger partial charge in [-0.15, -0.1) is 0 Å². The Morgan fingerprint density at radius 2 is 1.97 bits per heavy atom. The highest BCUT2D eigenvalue weighted by Crippen LogP contribution is 2.31. The van der Waals surface area contributed by atoms with Crippen molar-refractivity contribution in [3.8, 4) is 5.75 Å². The second-order valence-electron chi connectivity index (χ2n) is 7.82. The molecular formula is C21H26FN5O4. The van der Waals surface area contributed by atoms with Gasteiger partial charge in [-0.3, -0.25) is 19.0 Å². The Balaban J connectivity index is 1.87. The van der Waals surface area contributed by atoms with Crippen molar-refractivity contribution in [1.29, 1.82) is 0 Å². The summed E-state index contributed by atoms with van der Waals surface area (Å²) in [5, 5.41) is 12.8. The molecule has 166 valence electrons. The van der Waals surface area contributed by atoms with Gasteiger partial charge in [0.1, 0.15) is 11.6 Å². The number of aromatic hydroxyl groups is 1. The van der Waals surface area contributed by atoms with Crippen molar-refractivity contribution in [2.45, 2.75) is 25.4 Å². The van der Waals surface area contributed by atoms with Crippen molar-refractivity contribution in [2.24, 2.45) is 7.05 Å². The van der Waals surface area contributed by atoms with Gasteiger partial charge in [-0.25, -0.2) is 9.37 Å². The van der Waals surface area contributed by atoms with Gasteiger partial charge < -0.3 is 20.2 Å². The maximum absolute atomic E-state index is 13.0. The predicted octanol–water partition coefficient (Wildman–Crippen LogP) is 0.780. The number of hydrogen-bond donors (Lipinski definition) is 2. The molecule has 3 rings (SSSR count). The van der Waals surface area contributed by atoms with Crippen LogP contribution in [0.25, 0.3) is 0 Å². The molecule has 1 aromatic carbocycles. The Bertz CT molecular complexity index is 1040. The van der Waals surface area contributed by atoms with Crippen molar-refractivity contribution in [3.05, 3.63) is 57.5 Å². The Kier molecular flexibility index (Phi) is 6.69. The van der Waals surface area contributed by atoms with E-state index in [-0.39, 0.29) is 24.8 Å². The van der Waals surface area contributed by atoms with E-state index in [1.54, 1.807) is 23.9 Å². The number of nitrogens with one attached hydrogen (secondary N) is 1. The average molecular weight is 431 g/mol. The van der Waals surface area contributed by atoms with Gasteiger partial charge in [0.05, 0.1) is 12.6 Å². The van der Waals surface area contributed by atoms with Crippen LogP contribution in [0.5, 0.6) is 5.75 Å². The standard InChI is InChI=1S/C21H26FN5O4/c1-25(2)12-16(28)27-10-4-5-15(27)19-24-17(18(29)21(31)26(19)3)20(30)23-11-13-6-8-14(22)9-7-13/h6-9,15,29H,4-5,10-12H2,1-3H3,(H,23,30). The summed E-state index contributed by atoms with van der Waals surface area (Å²) in [4.78, 5) is 45.5. The quantitative estimate of drug-likeness (QED) is 0.700. The first-order chi connectivity index (χ1) is 14.7. The number of halogens is 1. The molecule has 31 heavy (non-hydrogen) atoms. The second kappa shape index (κ2) is 9.25. The molecule has 2 heterocycles. The SMILES string of the molecule is CN(C)CC(=O)N1CCCC1c1nc(C(=O)NCc2ccc(F)cc2)c(O)c(=O)n1C. The van der Waals surface area contributed by atoms with Crippen molar-refractivity contribution < 1.29 is 19.1 Å². The normalized spacial score (nSPS) is 16.0. The number of carbonyl (C=O) groups excluding carboxylic acids is 2. The van der Waals surface area contributed by atoms with Crippen molar-refractivity contribution >= 4 is 11.8 Å². The number of nitrogens with zero attached hydrogens (tertiary/aromatic N) is 4. The zero-order chi connectivity index (χ0) is 22.7. The predicted molar refractivity (Wildman–Crippen MR) is 111 cm³/mol. The van der Waals surface area contributed by atoms with Gasteiger partial charge in [0.2, 0.25) is 11.7 Å². The summed E-state index contributed by atoms with van der Waals surface area (Å²) in [7, 11) is 5.04. The molecule has 1 fully saturated rings. The Labute approximate surface area is 179 Å². The van der Waals surface area contributed by atoms with E-state index in [2.05, 4.69) is 10.3 Å². The fraction of sp³-hybridized carbons (Fsp3) is 0.429. The molecule has 10 heteroatoms. The van der Waals surface area contributed by atoms with E-state index in [0.717, 1.165) is 6.42 Å². The number of aromatic nitrogens is 2. The molecule has 0 saturated carbocycles. The summed E-state index contributed by atoms with van der Waals surface area (Å²) in [6, 6.07) is 5.12. The number of likely N-dealkylation sites (tertiary alicyclic amines) is 1. The van der Waals surface area contributed by atoms with Gasteiger partial charge in [0, 0.05) is 20.1 Å². The molecule has 2 amide bonds. The van der Waals surface area contributed by atoms with Crippen LogP contribution in [0.4, 0.5) is 4.39 Å². The minimum Gasteiger partial charge on any atom is -0.501 e. The second-order valence-corrected chi connectivity index (χ2v) is 7.82. The van der Waals surface area contributed by atoms with E-state index in [0.29, 0.717) is 18.5 Å². The zero-order valence-electron chi connectivity index (χ0n) is 17.8. The number of rotatable bonds is 6. The third-order valence-electron chi connectivity index (χ3n) is 5.21. The summed E-state index contributed by atoms with van der Waals surface area (Å²) in [5.41, 5.74) is -0.509. The highest BCUT2D eigenvalue weighted by Gasteiger charge is 2.34. The van der Waals surface area contributed by atoms with Crippen LogP contribution in [0.1, 0.15) is 40.8 Å². The van der Waals surface area contributed by atoms with Crippen LogP contribution in [0.15, 0.2) is 29.1 Å². The number of likely N-dealkylation sites (N-methyl/N-ethyl adjacent to an activating group) is 1. The maximum Gasteiger partial charge on any atom is 0.296 e. The van der Waals surface area contributed by atoms with Crippen LogP contribution in [0.3, 0.4) is 0 Å². The Hall–Kier alpha value is -3.27. The monoisotopic (exact) mass is 431 g/mol. The largest absolute Gasteiger partial charge is 0.501 e. The average Bonchev–Trinajstić information content (AvgIpc) is 3.21. The lowest BCUT2D eigenvalue weighted by Crippen LogP contribution is -2.40. The van der Waals surface area contributed by atoms with E-state index in [1.807, 2.05) is 0 Å². The third kappa shape index (κ3) is 4.91.